The molecule has 2 aromatic rings. The maximum atomic E-state index is 14.4. The molecule has 1 aromatic heterocycles. The number of carbonyl (C=O) groups is 1. The Morgan fingerprint density at radius 3 is 2.36 bits per heavy atom. The molecule has 1 aromatic carbocycles. The highest BCUT2D eigenvalue weighted by Gasteiger charge is 2.46. The molecule has 2 aliphatic carbocycles. The van der Waals surface area contributed by atoms with Crippen LogP contribution in [0, 0.1) is 17.8 Å². The third-order valence-corrected chi connectivity index (χ3v) is 10.8. The summed E-state index contributed by atoms with van der Waals surface area (Å²) in [6.07, 6.45) is 13.2. The van der Waals surface area contributed by atoms with Gasteiger partial charge in [-0.25, -0.2) is 4.98 Å². The van der Waals surface area contributed by atoms with E-state index in [4.69, 9.17) is 9.82 Å². The van der Waals surface area contributed by atoms with Crippen LogP contribution in [0.2, 0.25) is 0 Å². The molecule has 4 aliphatic rings. The summed E-state index contributed by atoms with van der Waals surface area (Å²) in [5.74, 6) is 1.69. The Bertz CT molecular complexity index is 1370. The lowest BCUT2D eigenvalue weighted by Crippen LogP contribution is -2.59. The first-order valence-corrected chi connectivity index (χ1v) is 17.1. The zero-order chi connectivity index (χ0) is 30.8. The molecule has 240 valence electrons. The molecule has 1 N–H and O–H groups in total. The fourth-order valence-electron chi connectivity index (χ4n) is 9.29. The van der Waals surface area contributed by atoms with E-state index in [2.05, 4.69) is 21.9 Å². The number of hydrogen-bond donors (Lipinski definition) is 1. The van der Waals surface area contributed by atoms with Crippen LogP contribution < -0.4 is 5.56 Å². The summed E-state index contributed by atoms with van der Waals surface area (Å²) in [4.78, 5) is 41.4. The first-order valence-electron chi connectivity index (χ1n) is 17.1. The van der Waals surface area contributed by atoms with Gasteiger partial charge in [-0.2, -0.15) is 0 Å². The molecule has 9 nitrogen and oxygen atoms in total. The summed E-state index contributed by atoms with van der Waals surface area (Å²) in [6, 6.07) is 9.62. The Morgan fingerprint density at radius 2 is 1.68 bits per heavy atom. The van der Waals surface area contributed by atoms with E-state index < -0.39 is 5.97 Å². The average molecular weight is 606 g/mol. The second kappa shape index (κ2) is 13.7. The second-order valence-corrected chi connectivity index (χ2v) is 14.5. The maximum absolute atomic E-state index is 14.4. The molecular formula is C35H51N5O4. The van der Waals surface area contributed by atoms with Crippen molar-refractivity contribution < 1.29 is 14.7 Å². The Balaban J connectivity index is 1.30. The van der Waals surface area contributed by atoms with Crippen LogP contribution in [-0.4, -0.2) is 81.5 Å². The molecule has 2 aliphatic heterocycles. The normalized spacial score (nSPS) is 30.9. The molecule has 3 heterocycles. The van der Waals surface area contributed by atoms with E-state index in [0.29, 0.717) is 30.4 Å². The Morgan fingerprint density at radius 1 is 0.977 bits per heavy atom. The van der Waals surface area contributed by atoms with Gasteiger partial charge in [-0.05, 0) is 108 Å². The van der Waals surface area contributed by atoms with E-state index in [9.17, 15) is 14.7 Å². The molecule has 5 atom stereocenters. The molecule has 0 radical (unpaired) electrons. The van der Waals surface area contributed by atoms with Crippen LogP contribution in [0.25, 0.3) is 11.0 Å². The maximum Gasteiger partial charge on any atom is 0.303 e. The molecule has 4 fully saturated rings. The molecule has 2 saturated heterocycles. The molecule has 0 spiro atoms. The van der Waals surface area contributed by atoms with Gasteiger partial charge in [0.2, 0.25) is 0 Å². The van der Waals surface area contributed by atoms with Crippen molar-refractivity contribution in [2.24, 2.45) is 22.9 Å². The smallest absolute Gasteiger partial charge is 0.303 e. The number of fused-ring (bicyclic) bond motifs is 5. The molecule has 0 amide bonds. The number of hydrogen-bond acceptors (Lipinski definition) is 7. The number of para-hydroxylation sites is 2. The van der Waals surface area contributed by atoms with E-state index in [0.717, 1.165) is 54.6 Å². The van der Waals surface area contributed by atoms with Gasteiger partial charge in [0.05, 0.1) is 17.5 Å². The third kappa shape index (κ3) is 6.89. The number of rotatable bonds is 11. The van der Waals surface area contributed by atoms with Crippen molar-refractivity contribution in [3.63, 3.8) is 0 Å². The predicted octanol–water partition coefficient (Wildman–Crippen LogP) is 5.71. The van der Waals surface area contributed by atoms with E-state index >= 15 is 0 Å². The van der Waals surface area contributed by atoms with Crippen LogP contribution in [0.3, 0.4) is 0 Å². The Kier molecular flexibility index (Phi) is 9.71. The van der Waals surface area contributed by atoms with Gasteiger partial charge in [0.15, 0.2) is 5.69 Å². The molecule has 2 unspecified atom stereocenters. The third-order valence-electron chi connectivity index (χ3n) is 10.8. The van der Waals surface area contributed by atoms with E-state index in [1.165, 1.54) is 51.4 Å². The summed E-state index contributed by atoms with van der Waals surface area (Å²) < 4.78 is 1.99. The number of piperidine rings is 2. The number of oxime groups is 1. The first kappa shape index (κ1) is 31.2. The van der Waals surface area contributed by atoms with Gasteiger partial charge in [-0.3, -0.25) is 14.5 Å². The average Bonchev–Trinajstić information content (AvgIpc) is 2.97. The summed E-state index contributed by atoms with van der Waals surface area (Å²) in [7, 11) is 4.00. The minimum absolute atomic E-state index is 0.0746. The summed E-state index contributed by atoms with van der Waals surface area (Å²) in [5, 5.41) is 13.8. The van der Waals surface area contributed by atoms with Crippen molar-refractivity contribution in [2.45, 2.75) is 115 Å². The van der Waals surface area contributed by atoms with Crippen LogP contribution in [0.4, 0.5) is 0 Å². The van der Waals surface area contributed by atoms with Crippen molar-refractivity contribution >= 4 is 22.7 Å². The summed E-state index contributed by atoms with van der Waals surface area (Å²) >= 11 is 0. The fourth-order valence-corrected chi connectivity index (χ4v) is 9.29. The van der Waals surface area contributed by atoms with Crippen molar-refractivity contribution in [2.75, 3.05) is 27.2 Å². The summed E-state index contributed by atoms with van der Waals surface area (Å²) in [6.45, 7) is 3.68. The second-order valence-electron chi connectivity index (χ2n) is 14.5. The lowest BCUT2D eigenvalue weighted by atomic mass is 9.65. The van der Waals surface area contributed by atoms with Crippen molar-refractivity contribution in [3.8, 4) is 0 Å². The van der Waals surface area contributed by atoms with Crippen LogP contribution >= 0.6 is 0 Å². The number of carboxylic acids is 1. The number of benzene rings is 1. The molecule has 6 rings (SSSR count). The SMILES string of the molecule is CC1CC2CC(C1)CC(N1[C@@H]3CCC[C@H]1C[C@@H](n1c(=O)c(/C(CCC(=O)O)=N/OCCCN(C)C)nc4ccccc41)C3)C2. The lowest BCUT2D eigenvalue weighted by molar-refractivity contribution is -0.136. The minimum atomic E-state index is -0.937. The van der Waals surface area contributed by atoms with Gasteiger partial charge in [0.1, 0.15) is 12.3 Å². The van der Waals surface area contributed by atoms with Gasteiger partial charge in [0, 0.05) is 37.1 Å². The van der Waals surface area contributed by atoms with Crippen LogP contribution in [-0.2, 0) is 9.63 Å². The van der Waals surface area contributed by atoms with Gasteiger partial charge in [-0.1, -0.05) is 30.6 Å². The highest BCUT2D eigenvalue weighted by molar-refractivity contribution is 6.00. The minimum Gasteiger partial charge on any atom is -0.481 e. The molecule has 4 bridgehead atoms. The zero-order valence-electron chi connectivity index (χ0n) is 26.9. The lowest BCUT2D eigenvalue weighted by Gasteiger charge is -2.55. The molecular weight excluding hydrogens is 554 g/mol. The zero-order valence-corrected chi connectivity index (χ0v) is 26.9. The Hall–Kier alpha value is -2.78. The molecule has 2 saturated carbocycles. The van der Waals surface area contributed by atoms with Crippen LogP contribution in [0.1, 0.15) is 102 Å². The Labute approximate surface area is 261 Å². The highest BCUT2D eigenvalue weighted by atomic mass is 16.6. The van der Waals surface area contributed by atoms with Crippen molar-refractivity contribution in [1.82, 2.24) is 19.4 Å². The van der Waals surface area contributed by atoms with Gasteiger partial charge in [0.25, 0.3) is 5.56 Å². The first-order chi connectivity index (χ1) is 21.3. The van der Waals surface area contributed by atoms with E-state index in [1.807, 2.05) is 42.9 Å². The van der Waals surface area contributed by atoms with Crippen molar-refractivity contribution in [3.05, 3.63) is 40.3 Å². The van der Waals surface area contributed by atoms with E-state index in [1.54, 1.807) is 0 Å². The topological polar surface area (TPSA) is 100 Å². The quantitative estimate of drug-likeness (QED) is 0.199. The van der Waals surface area contributed by atoms with Gasteiger partial charge < -0.3 is 19.4 Å². The number of aromatic nitrogens is 2. The number of nitrogens with zero attached hydrogens (tertiary/aromatic N) is 5. The van der Waals surface area contributed by atoms with E-state index in [-0.39, 0.29) is 30.1 Å². The molecule has 9 heteroatoms. The van der Waals surface area contributed by atoms with Crippen molar-refractivity contribution in [1.29, 1.82) is 0 Å². The largest absolute Gasteiger partial charge is 0.481 e. The van der Waals surface area contributed by atoms with Gasteiger partial charge in [-0.15, -0.1) is 0 Å². The van der Waals surface area contributed by atoms with Crippen LogP contribution in [0.15, 0.2) is 34.2 Å². The summed E-state index contributed by atoms with van der Waals surface area (Å²) in [5.41, 5.74) is 1.95. The number of aliphatic carboxylic acids is 1. The van der Waals surface area contributed by atoms with Gasteiger partial charge >= 0.3 is 5.97 Å². The number of carboxylic acid groups (broad SMARTS) is 1. The standard InChI is InChI=1S/C35H51N5O4/c1-23-16-24-18-25(17-23)20-28(19-24)39-26-8-6-9-27(39)22-29(21-26)40-32-11-5-4-10-30(32)36-34(35(40)43)31(12-13-33(41)42)37-44-15-7-14-38(2)3/h4-5,10-11,23-29H,6-9,12-22H2,1-3H3,(H,41,42)/b37-31+/t23?,24?,25?,26-,27+,28?,29+. The molecule has 44 heavy (non-hydrogen) atoms. The monoisotopic (exact) mass is 605 g/mol. The fraction of sp³-hybridized carbons (Fsp3) is 0.714. The van der Waals surface area contributed by atoms with Crippen LogP contribution in [0.5, 0.6) is 0 Å². The highest BCUT2D eigenvalue weighted by Crippen LogP contribution is 2.48. The predicted molar refractivity (Wildman–Crippen MR) is 173 cm³/mol.